The van der Waals surface area contributed by atoms with E-state index in [1.54, 1.807) is 14.0 Å². The smallest absolute Gasteiger partial charge is 0.273 e. The van der Waals surface area contributed by atoms with Crippen LogP contribution in [-0.4, -0.2) is 30.6 Å². The zero-order valence-electron chi connectivity index (χ0n) is 11.8. The molecule has 0 saturated carbocycles. The van der Waals surface area contributed by atoms with Crippen LogP contribution >= 0.6 is 0 Å². The van der Waals surface area contributed by atoms with Gasteiger partial charge in [-0.2, -0.15) is 0 Å². The second-order valence-electron chi connectivity index (χ2n) is 4.62. The molecule has 2 aromatic rings. The number of hydrogen-bond acceptors (Lipinski definition) is 4. The summed E-state index contributed by atoms with van der Waals surface area (Å²) in [5.74, 6) is 0.705. The van der Waals surface area contributed by atoms with Crippen LogP contribution in [-0.2, 0) is 4.74 Å². The molecule has 0 spiro atoms. The number of oxazole rings is 1. The highest BCUT2D eigenvalue weighted by atomic mass is 16.5. The fourth-order valence-electron chi connectivity index (χ4n) is 1.90. The minimum absolute atomic E-state index is 0.0798. The van der Waals surface area contributed by atoms with Gasteiger partial charge in [-0.25, -0.2) is 4.98 Å². The third kappa shape index (κ3) is 3.24. The Morgan fingerprint density at radius 2 is 2.10 bits per heavy atom. The average Bonchev–Trinajstić information content (AvgIpc) is 2.82. The largest absolute Gasteiger partial charge is 0.441 e. The van der Waals surface area contributed by atoms with E-state index in [0.29, 0.717) is 24.0 Å². The Bertz CT molecular complexity index is 578. The Kier molecular flexibility index (Phi) is 4.53. The van der Waals surface area contributed by atoms with Gasteiger partial charge in [0, 0.05) is 18.7 Å². The first kappa shape index (κ1) is 14.3. The highest BCUT2D eigenvalue weighted by Gasteiger charge is 2.19. The van der Waals surface area contributed by atoms with Gasteiger partial charge in [-0.05, 0) is 26.0 Å². The molecular formula is C15H18N2O3. The number of nitrogens with zero attached hydrogens (tertiary/aromatic N) is 1. The van der Waals surface area contributed by atoms with E-state index in [1.165, 1.54) is 0 Å². The van der Waals surface area contributed by atoms with Crippen LogP contribution in [0.3, 0.4) is 0 Å². The van der Waals surface area contributed by atoms with Crippen molar-refractivity contribution in [3.05, 3.63) is 41.8 Å². The number of carbonyl (C=O) groups is 1. The quantitative estimate of drug-likeness (QED) is 0.909. The highest BCUT2D eigenvalue weighted by molar-refractivity contribution is 5.93. The Morgan fingerprint density at radius 1 is 1.40 bits per heavy atom. The van der Waals surface area contributed by atoms with Crippen molar-refractivity contribution in [2.75, 3.05) is 13.7 Å². The van der Waals surface area contributed by atoms with Gasteiger partial charge in [0.05, 0.1) is 6.61 Å². The van der Waals surface area contributed by atoms with Gasteiger partial charge in [0.15, 0.2) is 5.69 Å². The zero-order chi connectivity index (χ0) is 14.5. The van der Waals surface area contributed by atoms with E-state index >= 15 is 0 Å². The third-order valence-corrected chi connectivity index (χ3v) is 2.83. The molecule has 1 aromatic carbocycles. The first-order valence-corrected chi connectivity index (χ1v) is 6.44. The number of nitrogens with one attached hydrogen (secondary N) is 1. The lowest BCUT2D eigenvalue weighted by Crippen LogP contribution is -2.36. The number of rotatable bonds is 5. The van der Waals surface area contributed by atoms with Crippen LogP contribution in [0, 0.1) is 6.92 Å². The topological polar surface area (TPSA) is 64.4 Å². The summed E-state index contributed by atoms with van der Waals surface area (Å²) in [6, 6.07) is 9.41. The number of benzene rings is 1. The molecular weight excluding hydrogens is 256 g/mol. The molecule has 0 bridgehead atoms. The molecule has 1 N–H and O–H groups in total. The summed E-state index contributed by atoms with van der Waals surface area (Å²) >= 11 is 0. The van der Waals surface area contributed by atoms with Gasteiger partial charge < -0.3 is 14.5 Å². The predicted octanol–water partition coefficient (Wildman–Crippen LogP) is 2.41. The second-order valence-corrected chi connectivity index (χ2v) is 4.62. The summed E-state index contributed by atoms with van der Waals surface area (Å²) in [4.78, 5) is 16.4. The van der Waals surface area contributed by atoms with Gasteiger partial charge in [0.2, 0.25) is 5.89 Å². The van der Waals surface area contributed by atoms with E-state index in [9.17, 15) is 4.79 Å². The molecule has 0 aliphatic carbocycles. The second kappa shape index (κ2) is 6.34. The third-order valence-electron chi connectivity index (χ3n) is 2.83. The fourth-order valence-corrected chi connectivity index (χ4v) is 1.90. The predicted molar refractivity (Wildman–Crippen MR) is 75.5 cm³/mol. The number of aromatic nitrogens is 1. The van der Waals surface area contributed by atoms with Crippen LogP contribution in [0.5, 0.6) is 0 Å². The monoisotopic (exact) mass is 274 g/mol. The summed E-state index contributed by atoms with van der Waals surface area (Å²) < 4.78 is 10.5. The highest BCUT2D eigenvalue weighted by Crippen LogP contribution is 2.21. The normalized spacial score (nSPS) is 12.2. The number of ether oxygens (including phenoxy) is 1. The minimum atomic E-state index is -0.252. The van der Waals surface area contributed by atoms with Crippen molar-refractivity contribution < 1.29 is 13.9 Å². The van der Waals surface area contributed by atoms with Gasteiger partial charge in [-0.1, -0.05) is 18.2 Å². The van der Waals surface area contributed by atoms with Gasteiger partial charge >= 0.3 is 0 Å². The maximum Gasteiger partial charge on any atom is 0.273 e. The molecule has 5 heteroatoms. The van der Waals surface area contributed by atoms with E-state index in [0.717, 1.165) is 5.56 Å². The lowest BCUT2D eigenvalue weighted by atomic mass is 10.2. The SMILES string of the molecule is COC[C@H](C)NC(=O)c1nc(-c2ccccc2)oc1C. The maximum atomic E-state index is 12.1. The first-order valence-electron chi connectivity index (χ1n) is 6.44. The van der Waals surface area contributed by atoms with Crippen molar-refractivity contribution in [3.8, 4) is 11.5 Å². The van der Waals surface area contributed by atoms with Crippen LogP contribution in [0.25, 0.3) is 11.5 Å². The van der Waals surface area contributed by atoms with E-state index in [-0.39, 0.29) is 11.9 Å². The summed E-state index contributed by atoms with van der Waals surface area (Å²) in [5, 5.41) is 2.82. The van der Waals surface area contributed by atoms with Crippen LogP contribution in [0.15, 0.2) is 34.7 Å². The fraction of sp³-hybridized carbons (Fsp3) is 0.333. The number of methoxy groups -OCH3 is 1. The number of aryl methyl sites for hydroxylation is 1. The number of carbonyl (C=O) groups excluding carboxylic acids is 1. The van der Waals surface area contributed by atoms with Crippen molar-refractivity contribution in [1.82, 2.24) is 10.3 Å². The van der Waals surface area contributed by atoms with Crippen molar-refractivity contribution in [2.45, 2.75) is 19.9 Å². The molecule has 0 unspecified atom stereocenters. The molecule has 0 aliphatic heterocycles. The Hall–Kier alpha value is -2.14. The van der Waals surface area contributed by atoms with Crippen LogP contribution in [0.4, 0.5) is 0 Å². The molecule has 106 valence electrons. The molecule has 1 amide bonds. The Morgan fingerprint density at radius 3 is 2.75 bits per heavy atom. The van der Waals surface area contributed by atoms with E-state index in [2.05, 4.69) is 10.3 Å². The summed E-state index contributed by atoms with van der Waals surface area (Å²) in [6.07, 6.45) is 0. The molecule has 0 saturated heterocycles. The zero-order valence-corrected chi connectivity index (χ0v) is 11.8. The van der Waals surface area contributed by atoms with Crippen LogP contribution < -0.4 is 5.32 Å². The van der Waals surface area contributed by atoms with Crippen molar-refractivity contribution >= 4 is 5.91 Å². The molecule has 5 nitrogen and oxygen atoms in total. The van der Waals surface area contributed by atoms with E-state index in [4.69, 9.17) is 9.15 Å². The van der Waals surface area contributed by atoms with Gasteiger partial charge in [0.1, 0.15) is 5.76 Å². The molecule has 0 aliphatic rings. The molecule has 2 rings (SSSR count). The standard InChI is InChI=1S/C15H18N2O3/c1-10(9-19-3)16-14(18)13-11(2)20-15(17-13)12-7-5-4-6-8-12/h4-8,10H,9H2,1-3H3,(H,16,18)/t10-/m0/s1. The maximum absolute atomic E-state index is 12.1. The van der Waals surface area contributed by atoms with Crippen LogP contribution in [0.1, 0.15) is 23.2 Å². The lowest BCUT2D eigenvalue weighted by molar-refractivity contribution is 0.0899. The first-order chi connectivity index (χ1) is 9.61. The van der Waals surface area contributed by atoms with Gasteiger partial charge in [0.25, 0.3) is 5.91 Å². The van der Waals surface area contributed by atoms with E-state index in [1.807, 2.05) is 37.3 Å². The lowest BCUT2D eigenvalue weighted by Gasteiger charge is -2.11. The summed E-state index contributed by atoms with van der Waals surface area (Å²) in [7, 11) is 1.59. The molecule has 0 fully saturated rings. The molecule has 1 atom stereocenters. The molecule has 1 aromatic heterocycles. The summed E-state index contributed by atoms with van der Waals surface area (Å²) in [6.45, 7) is 4.05. The van der Waals surface area contributed by atoms with Gasteiger partial charge in [-0.3, -0.25) is 4.79 Å². The van der Waals surface area contributed by atoms with E-state index < -0.39 is 0 Å². The van der Waals surface area contributed by atoms with Crippen molar-refractivity contribution in [3.63, 3.8) is 0 Å². The van der Waals surface area contributed by atoms with Crippen LogP contribution in [0.2, 0.25) is 0 Å². The molecule has 1 heterocycles. The Balaban J connectivity index is 2.17. The molecule has 0 radical (unpaired) electrons. The van der Waals surface area contributed by atoms with Crippen molar-refractivity contribution in [1.29, 1.82) is 0 Å². The number of hydrogen-bond donors (Lipinski definition) is 1. The summed E-state index contributed by atoms with van der Waals surface area (Å²) in [5.41, 5.74) is 1.16. The average molecular weight is 274 g/mol. The number of amides is 1. The van der Waals surface area contributed by atoms with Crippen molar-refractivity contribution in [2.24, 2.45) is 0 Å². The minimum Gasteiger partial charge on any atom is -0.441 e. The Labute approximate surface area is 118 Å². The van der Waals surface area contributed by atoms with Gasteiger partial charge in [-0.15, -0.1) is 0 Å². The molecule has 20 heavy (non-hydrogen) atoms.